The molecule has 0 aromatic rings. The van der Waals surface area contributed by atoms with Crippen molar-refractivity contribution < 1.29 is 28.6 Å². The first-order valence-corrected chi connectivity index (χ1v) is 9.16. The third-order valence-corrected chi connectivity index (χ3v) is 5.46. The molecule has 2 aliphatic heterocycles. The van der Waals surface area contributed by atoms with Crippen LogP contribution in [0.4, 0.5) is 0 Å². The zero-order valence-electron chi connectivity index (χ0n) is 15.7. The second-order valence-electron chi connectivity index (χ2n) is 7.35. The largest absolute Gasteiger partial charge is 0.458 e. The van der Waals surface area contributed by atoms with Gasteiger partial charge in [-0.1, -0.05) is 12.7 Å². The maximum Gasteiger partial charge on any atom is 0.334 e. The van der Waals surface area contributed by atoms with Gasteiger partial charge in [-0.05, 0) is 38.2 Å². The highest BCUT2D eigenvalue weighted by Gasteiger charge is 2.61. The lowest BCUT2D eigenvalue weighted by molar-refractivity contribution is -0.140. The summed E-state index contributed by atoms with van der Waals surface area (Å²) >= 11 is 0. The van der Waals surface area contributed by atoms with Crippen LogP contribution in [0.25, 0.3) is 0 Å². The number of ether oxygens (including phenoxy) is 3. The molecule has 0 unspecified atom stereocenters. The highest BCUT2D eigenvalue weighted by molar-refractivity contribution is 5.94. The van der Waals surface area contributed by atoms with E-state index >= 15 is 0 Å². The molecule has 0 bridgehead atoms. The van der Waals surface area contributed by atoms with E-state index in [9.17, 15) is 14.4 Å². The van der Waals surface area contributed by atoms with E-state index in [1.54, 1.807) is 0 Å². The summed E-state index contributed by atoms with van der Waals surface area (Å²) in [5.41, 5.74) is 1.17. The Morgan fingerprint density at radius 3 is 2.96 bits per heavy atom. The molecule has 27 heavy (non-hydrogen) atoms. The molecule has 0 radical (unpaired) electrons. The minimum absolute atomic E-state index is 0.0756. The summed E-state index contributed by atoms with van der Waals surface area (Å²) in [6.07, 6.45) is 6.89. The van der Waals surface area contributed by atoms with Crippen molar-refractivity contribution in [3.05, 3.63) is 36.0 Å². The van der Waals surface area contributed by atoms with Crippen molar-refractivity contribution in [2.75, 3.05) is 13.7 Å². The number of likely N-dealkylation sites (N-methyl/N-ethyl adjacent to an activating group) is 1. The van der Waals surface area contributed by atoms with Crippen molar-refractivity contribution in [3.8, 4) is 0 Å². The minimum atomic E-state index is -0.573. The summed E-state index contributed by atoms with van der Waals surface area (Å²) in [4.78, 5) is 34.8. The van der Waals surface area contributed by atoms with Crippen molar-refractivity contribution >= 4 is 17.8 Å². The number of nitrogens with one attached hydrogen (secondary N) is 1. The van der Waals surface area contributed by atoms with Crippen LogP contribution >= 0.6 is 0 Å². The number of rotatable bonds is 4. The Morgan fingerprint density at radius 2 is 2.22 bits per heavy atom. The predicted molar refractivity (Wildman–Crippen MR) is 96.5 cm³/mol. The van der Waals surface area contributed by atoms with Crippen LogP contribution in [0, 0.1) is 5.92 Å². The molecule has 7 heteroatoms. The van der Waals surface area contributed by atoms with E-state index in [0.29, 0.717) is 18.4 Å². The monoisotopic (exact) mass is 375 g/mol. The van der Waals surface area contributed by atoms with Crippen LogP contribution in [0.5, 0.6) is 0 Å². The van der Waals surface area contributed by atoms with Crippen LogP contribution < -0.4 is 5.32 Å². The molecule has 7 nitrogen and oxygen atoms in total. The topological polar surface area (TPSA) is 94.2 Å². The van der Waals surface area contributed by atoms with Gasteiger partial charge in [0.1, 0.15) is 18.8 Å². The van der Waals surface area contributed by atoms with Crippen LogP contribution in [0.1, 0.15) is 32.6 Å². The number of allylic oxidation sites excluding steroid dienone is 1. The summed E-state index contributed by atoms with van der Waals surface area (Å²) in [6.45, 7) is 6.07. The average molecular weight is 375 g/mol. The van der Waals surface area contributed by atoms with E-state index in [-0.39, 0.29) is 42.2 Å². The van der Waals surface area contributed by atoms with Gasteiger partial charge in [0.25, 0.3) is 0 Å². The number of amides is 1. The second-order valence-corrected chi connectivity index (χ2v) is 7.35. The quantitative estimate of drug-likeness (QED) is 0.347. The van der Waals surface area contributed by atoms with E-state index in [2.05, 4.69) is 18.0 Å². The van der Waals surface area contributed by atoms with Gasteiger partial charge < -0.3 is 19.5 Å². The predicted octanol–water partition coefficient (Wildman–Crippen LogP) is 1.59. The van der Waals surface area contributed by atoms with E-state index in [1.165, 1.54) is 7.05 Å². The number of hydrogen-bond acceptors (Lipinski definition) is 6. The number of epoxide rings is 1. The zero-order valence-corrected chi connectivity index (χ0v) is 15.7. The van der Waals surface area contributed by atoms with E-state index in [1.807, 2.05) is 6.92 Å². The first kappa shape index (κ1) is 19.4. The molecule has 2 fully saturated rings. The molecule has 3 aliphatic rings. The Balaban J connectivity index is 1.63. The summed E-state index contributed by atoms with van der Waals surface area (Å²) in [6, 6.07) is 0. The molecule has 0 saturated carbocycles. The van der Waals surface area contributed by atoms with Gasteiger partial charge in [0.2, 0.25) is 5.91 Å². The molecule has 146 valence electrons. The third kappa shape index (κ3) is 4.30. The molecular weight excluding hydrogens is 350 g/mol. The normalized spacial score (nSPS) is 34.7. The molecule has 0 spiro atoms. The van der Waals surface area contributed by atoms with Crippen molar-refractivity contribution in [2.24, 2.45) is 5.92 Å². The molecule has 1 aliphatic carbocycles. The molecule has 0 aromatic carbocycles. The Bertz CT molecular complexity index is 724. The van der Waals surface area contributed by atoms with Gasteiger partial charge in [0.05, 0.1) is 5.60 Å². The lowest BCUT2D eigenvalue weighted by Gasteiger charge is -2.20. The maximum atomic E-state index is 12.0. The second kappa shape index (κ2) is 7.68. The van der Waals surface area contributed by atoms with Gasteiger partial charge in [-0.3, -0.25) is 4.79 Å². The molecule has 4 atom stereocenters. The van der Waals surface area contributed by atoms with Gasteiger partial charge in [0, 0.05) is 30.7 Å². The number of esters is 2. The van der Waals surface area contributed by atoms with Crippen molar-refractivity contribution in [1.82, 2.24) is 5.32 Å². The third-order valence-electron chi connectivity index (χ3n) is 5.46. The molecule has 2 saturated heterocycles. The molecule has 0 aromatic heterocycles. The van der Waals surface area contributed by atoms with Crippen LogP contribution in [0.3, 0.4) is 0 Å². The number of fused-ring (bicyclic) bond motifs is 3. The van der Waals surface area contributed by atoms with Crippen LogP contribution in [0.15, 0.2) is 36.0 Å². The first-order chi connectivity index (χ1) is 12.8. The molecule has 2 heterocycles. The fraction of sp³-hybridized carbons (Fsp3) is 0.550. The van der Waals surface area contributed by atoms with Crippen molar-refractivity contribution in [2.45, 2.75) is 50.4 Å². The molecule has 1 amide bonds. The van der Waals surface area contributed by atoms with Gasteiger partial charge in [0.15, 0.2) is 0 Å². The molecule has 1 N–H and O–H groups in total. The fourth-order valence-corrected chi connectivity index (χ4v) is 3.69. The van der Waals surface area contributed by atoms with Gasteiger partial charge >= 0.3 is 11.9 Å². The summed E-state index contributed by atoms with van der Waals surface area (Å²) in [7, 11) is 1.48. The Kier molecular flexibility index (Phi) is 5.51. The van der Waals surface area contributed by atoms with Gasteiger partial charge in [-0.25, -0.2) is 9.59 Å². The van der Waals surface area contributed by atoms with Gasteiger partial charge in [-0.15, -0.1) is 0 Å². The lowest BCUT2D eigenvalue weighted by Crippen LogP contribution is -2.29. The Hall–Kier alpha value is -2.41. The Morgan fingerprint density at radius 1 is 1.44 bits per heavy atom. The van der Waals surface area contributed by atoms with Crippen LogP contribution in [-0.2, 0) is 28.6 Å². The number of carbonyl (C=O) groups is 3. The first-order valence-electron chi connectivity index (χ1n) is 9.16. The lowest BCUT2D eigenvalue weighted by atomic mass is 9.84. The Labute approximate surface area is 158 Å². The van der Waals surface area contributed by atoms with E-state index in [0.717, 1.165) is 30.6 Å². The van der Waals surface area contributed by atoms with E-state index in [4.69, 9.17) is 14.2 Å². The highest BCUT2D eigenvalue weighted by atomic mass is 16.6. The summed E-state index contributed by atoms with van der Waals surface area (Å²) in [5, 5.41) is 2.39. The number of carbonyl (C=O) groups excluding carboxylic acids is 3. The summed E-state index contributed by atoms with van der Waals surface area (Å²) in [5.74, 6) is -1.38. The maximum absolute atomic E-state index is 12.0. The highest BCUT2D eigenvalue weighted by Crippen LogP contribution is 2.49. The standard InChI is InChI=1S/C20H25NO6/c1-12-14-7-6-13(11-25-16(23)9-8-15(22)21-3)5-4-10-20(2)18(27-20)17(14)26-19(12)24/h5,8-9,14,17-18H,1,4,6-7,10-11H2,2-3H3,(H,21,22)/b9-8-,13-5+/t14-,17-,18-,20+/m0/s1. The SMILES string of the molecule is C=C1C(=O)O[C@H]2[C@H]1CC/C(COC(=O)/C=C\C(=O)NC)=C\CC[C@@]1(C)O[C@@H]21. The molecular formula is C20H25NO6. The smallest absolute Gasteiger partial charge is 0.334 e. The molecule has 3 rings (SSSR count). The van der Waals surface area contributed by atoms with Crippen molar-refractivity contribution in [3.63, 3.8) is 0 Å². The summed E-state index contributed by atoms with van der Waals surface area (Å²) < 4.78 is 16.6. The fourth-order valence-electron chi connectivity index (χ4n) is 3.69. The zero-order chi connectivity index (χ0) is 19.6. The van der Waals surface area contributed by atoms with Crippen molar-refractivity contribution in [1.29, 1.82) is 0 Å². The van der Waals surface area contributed by atoms with Gasteiger partial charge in [-0.2, -0.15) is 0 Å². The van der Waals surface area contributed by atoms with Crippen LogP contribution in [-0.4, -0.2) is 49.3 Å². The number of hydrogen-bond donors (Lipinski definition) is 1. The van der Waals surface area contributed by atoms with E-state index < -0.39 is 5.97 Å². The minimum Gasteiger partial charge on any atom is -0.458 e. The van der Waals surface area contributed by atoms with Crippen LogP contribution in [0.2, 0.25) is 0 Å². The average Bonchev–Trinajstić information content (AvgIpc) is 3.24.